The van der Waals surface area contributed by atoms with E-state index in [2.05, 4.69) is 11.0 Å². The van der Waals surface area contributed by atoms with Gasteiger partial charge in [-0.25, -0.2) is 0 Å². The Bertz CT molecular complexity index is 711. The summed E-state index contributed by atoms with van der Waals surface area (Å²) in [4.78, 5) is 2.33. The Balaban J connectivity index is 1.69. The average molecular weight is 382 g/mol. The van der Waals surface area contributed by atoms with Gasteiger partial charge in [-0.2, -0.15) is 0 Å². The van der Waals surface area contributed by atoms with Crippen LogP contribution in [0.25, 0.3) is 0 Å². The van der Waals surface area contributed by atoms with E-state index < -0.39 is 0 Å². The lowest BCUT2D eigenvalue weighted by atomic mass is 10.1. The Kier molecular flexibility index (Phi) is 6.57. The quantitative estimate of drug-likeness (QED) is 0.822. The number of para-hydroxylation sites is 1. The molecule has 0 unspecified atom stereocenters. The first kappa shape index (κ1) is 18.5. The Hall–Kier alpha value is -1.30. The third-order valence-electron chi connectivity index (χ3n) is 4.18. The van der Waals surface area contributed by atoms with Crippen LogP contribution in [0.5, 0.6) is 5.75 Å². The van der Waals surface area contributed by atoms with Gasteiger partial charge in [0.05, 0.1) is 29.4 Å². The molecule has 1 aliphatic rings. The van der Waals surface area contributed by atoms with Crippen LogP contribution in [0, 0.1) is 0 Å². The molecule has 2 aromatic rings. The van der Waals surface area contributed by atoms with E-state index in [0.29, 0.717) is 23.3 Å². The Morgan fingerprint density at radius 3 is 2.80 bits per heavy atom. The molecule has 6 heteroatoms. The largest absolute Gasteiger partial charge is 0.491 e. The van der Waals surface area contributed by atoms with Crippen molar-refractivity contribution >= 4 is 23.2 Å². The lowest BCUT2D eigenvalue weighted by molar-refractivity contribution is -0.0331. The summed E-state index contributed by atoms with van der Waals surface area (Å²) in [7, 11) is 0. The van der Waals surface area contributed by atoms with E-state index in [1.54, 1.807) is 6.07 Å². The van der Waals surface area contributed by atoms with Gasteiger partial charge in [0, 0.05) is 25.2 Å². The summed E-state index contributed by atoms with van der Waals surface area (Å²) in [6, 6.07) is 13.6. The Morgan fingerprint density at radius 2 is 2.00 bits per heavy atom. The lowest BCUT2D eigenvalue weighted by Crippen LogP contribution is -2.37. The second-order valence-electron chi connectivity index (χ2n) is 5.95. The first-order valence-electron chi connectivity index (χ1n) is 8.28. The Labute approximate surface area is 157 Å². The van der Waals surface area contributed by atoms with Gasteiger partial charge in [0.25, 0.3) is 0 Å². The normalized spacial score (nSPS) is 18.3. The van der Waals surface area contributed by atoms with Crippen LogP contribution in [0.1, 0.15) is 17.2 Å². The maximum absolute atomic E-state index is 8.97. The summed E-state index contributed by atoms with van der Waals surface area (Å²) in [6.45, 7) is 3.35. The number of nitrogens with zero attached hydrogens (tertiary/aromatic N) is 1. The smallest absolute Gasteiger partial charge is 0.123 e. The summed E-state index contributed by atoms with van der Waals surface area (Å²) >= 11 is 12.1. The van der Waals surface area contributed by atoms with Gasteiger partial charge in [0.1, 0.15) is 12.4 Å². The molecular formula is C19H21Cl2NO3. The van der Waals surface area contributed by atoms with E-state index in [1.165, 1.54) is 0 Å². The maximum atomic E-state index is 8.97. The third-order valence-corrected chi connectivity index (χ3v) is 4.92. The molecule has 0 saturated carbocycles. The van der Waals surface area contributed by atoms with Crippen molar-refractivity contribution in [1.82, 2.24) is 4.90 Å². The van der Waals surface area contributed by atoms with Gasteiger partial charge in [-0.15, -0.1) is 0 Å². The second-order valence-corrected chi connectivity index (χ2v) is 6.76. The minimum atomic E-state index is -0.0333. The van der Waals surface area contributed by atoms with Gasteiger partial charge in [0.2, 0.25) is 0 Å². The van der Waals surface area contributed by atoms with Crippen LogP contribution in [0.15, 0.2) is 42.5 Å². The van der Waals surface area contributed by atoms with Crippen LogP contribution in [0.3, 0.4) is 0 Å². The molecule has 0 bridgehead atoms. The van der Waals surface area contributed by atoms with E-state index in [0.717, 1.165) is 36.5 Å². The molecule has 2 aromatic carbocycles. The van der Waals surface area contributed by atoms with E-state index in [4.69, 9.17) is 37.8 Å². The van der Waals surface area contributed by atoms with E-state index >= 15 is 0 Å². The summed E-state index contributed by atoms with van der Waals surface area (Å²) in [6.07, 6.45) is -0.0333. The van der Waals surface area contributed by atoms with Crippen molar-refractivity contribution in [3.63, 3.8) is 0 Å². The number of hydrogen-bond acceptors (Lipinski definition) is 4. The molecule has 0 spiro atoms. The first-order valence-corrected chi connectivity index (χ1v) is 9.03. The minimum Gasteiger partial charge on any atom is -0.491 e. The molecule has 4 nitrogen and oxygen atoms in total. The molecule has 0 aromatic heterocycles. The van der Waals surface area contributed by atoms with Crippen molar-refractivity contribution in [3.8, 4) is 5.75 Å². The SMILES string of the molecule is OCCOc1ccccc1CN1CCO[C@H](c2ccc(Cl)c(Cl)c2)C1. The molecule has 1 N–H and O–H groups in total. The summed E-state index contributed by atoms with van der Waals surface area (Å²) < 4.78 is 11.5. The predicted molar refractivity (Wildman–Crippen MR) is 99.5 cm³/mol. The summed E-state index contributed by atoms with van der Waals surface area (Å²) in [5.41, 5.74) is 2.13. The number of morpholine rings is 1. The highest BCUT2D eigenvalue weighted by Crippen LogP contribution is 2.30. The highest BCUT2D eigenvalue weighted by atomic mass is 35.5. The van der Waals surface area contributed by atoms with Crippen molar-refractivity contribution in [2.45, 2.75) is 12.6 Å². The fourth-order valence-corrected chi connectivity index (χ4v) is 3.24. The van der Waals surface area contributed by atoms with Crippen molar-refractivity contribution in [3.05, 3.63) is 63.6 Å². The van der Waals surface area contributed by atoms with E-state index in [9.17, 15) is 0 Å². The van der Waals surface area contributed by atoms with Crippen LogP contribution >= 0.6 is 23.2 Å². The highest BCUT2D eigenvalue weighted by Gasteiger charge is 2.23. The van der Waals surface area contributed by atoms with Crippen LogP contribution in [-0.4, -0.2) is 42.9 Å². The molecule has 1 atom stereocenters. The molecule has 0 amide bonds. The molecule has 134 valence electrons. The zero-order valence-electron chi connectivity index (χ0n) is 13.8. The number of hydrogen-bond donors (Lipinski definition) is 1. The average Bonchev–Trinajstić information content (AvgIpc) is 2.63. The van der Waals surface area contributed by atoms with E-state index in [1.807, 2.05) is 30.3 Å². The second kappa shape index (κ2) is 8.88. The third kappa shape index (κ3) is 4.87. The van der Waals surface area contributed by atoms with Crippen molar-refractivity contribution in [1.29, 1.82) is 0 Å². The van der Waals surface area contributed by atoms with E-state index in [-0.39, 0.29) is 12.7 Å². The van der Waals surface area contributed by atoms with Crippen LogP contribution in [-0.2, 0) is 11.3 Å². The molecule has 1 heterocycles. The van der Waals surface area contributed by atoms with Crippen molar-refractivity contribution in [2.75, 3.05) is 32.9 Å². The fourth-order valence-electron chi connectivity index (χ4n) is 2.93. The predicted octanol–water partition coefficient (Wildman–Crippen LogP) is 3.94. The number of rotatable bonds is 6. The lowest BCUT2D eigenvalue weighted by Gasteiger charge is -2.33. The minimum absolute atomic E-state index is 0.00525. The molecule has 1 saturated heterocycles. The molecule has 3 rings (SSSR count). The number of halogens is 2. The standard InChI is InChI=1S/C19H21Cl2NO3/c20-16-6-5-14(11-17(16)21)19-13-22(7-9-24-19)12-15-3-1-2-4-18(15)25-10-8-23/h1-6,11,19,23H,7-10,12-13H2/t19-/m0/s1. The van der Waals surface area contributed by atoms with Crippen LogP contribution in [0.2, 0.25) is 10.0 Å². The van der Waals surface area contributed by atoms with Crippen LogP contribution < -0.4 is 4.74 Å². The number of benzene rings is 2. The summed E-state index contributed by atoms with van der Waals surface area (Å²) in [5, 5.41) is 10.1. The molecule has 1 aliphatic heterocycles. The van der Waals surface area contributed by atoms with Gasteiger partial charge in [-0.05, 0) is 23.8 Å². The monoisotopic (exact) mass is 381 g/mol. The number of aliphatic hydroxyl groups excluding tert-OH is 1. The maximum Gasteiger partial charge on any atom is 0.123 e. The van der Waals surface area contributed by atoms with Gasteiger partial charge in [0.15, 0.2) is 0 Å². The van der Waals surface area contributed by atoms with Gasteiger partial charge in [-0.1, -0.05) is 47.5 Å². The van der Waals surface area contributed by atoms with Crippen molar-refractivity contribution in [2.24, 2.45) is 0 Å². The molecule has 0 radical (unpaired) electrons. The summed E-state index contributed by atoms with van der Waals surface area (Å²) in [5.74, 6) is 0.814. The zero-order valence-corrected chi connectivity index (χ0v) is 15.3. The van der Waals surface area contributed by atoms with Gasteiger partial charge < -0.3 is 14.6 Å². The highest BCUT2D eigenvalue weighted by molar-refractivity contribution is 6.42. The van der Waals surface area contributed by atoms with Gasteiger partial charge in [-0.3, -0.25) is 4.90 Å². The topological polar surface area (TPSA) is 41.9 Å². The van der Waals surface area contributed by atoms with Crippen molar-refractivity contribution < 1.29 is 14.6 Å². The molecule has 25 heavy (non-hydrogen) atoms. The fraction of sp³-hybridized carbons (Fsp3) is 0.368. The zero-order chi connectivity index (χ0) is 17.6. The molecule has 0 aliphatic carbocycles. The number of ether oxygens (including phenoxy) is 2. The Morgan fingerprint density at radius 1 is 1.16 bits per heavy atom. The molecule has 1 fully saturated rings. The number of aliphatic hydroxyl groups is 1. The molecular weight excluding hydrogens is 361 g/mol. The first-order chi connectivity index (χ1) is 12.2. The van der Waals surface area contributed by atoms with Crippen LogP contribution in [0.4, 0.5) is 0 Å². The van der Waals surface area contributed by atoms with Gasteiger partial charge >= 0.3 is 0 Å².